The van der Waals surface area contributed by atoms with Gasteiger partial charge < -0.3 is 4.74 Å². The van der Waals surface area contributed by atoms with Gasteiger partial charge in [-0.3, -0.25) is 9.59 Å². The van der Waals surface area contributed by atoms with Crippen molar-refractivity contribution in [3.05, 3.63) is 12.7 Å². The van der Waals surface area contributed by atoms with Crippen molar-refractivity contribution < 1.29 is 14.3 Å². The molecule has 0 amide bonds. The number of rotatable bonds is 7. The molecular formula is C15H25BrO3. The number of hydrogen-bond acceptors (Lipinski definition) is 3. The third-order valence-electron chi connectivity index (χ3n) is 2.57. The zero-order valence-electron chi connectivity index (χ0n) is 12.6. The molecule has 0 saturated heterocycles. The van der Waals surface area contributed by atoms with Crippen LogP contribution >= 0.6 is 15.9 Å². The van der Waals surface area contributed by atoms with Crippen molar-refractivity contribution >= 4 is 27.7 Å². The lowest BCUT2D eigenvalue weighted by Gasteiger charge is -2.30. The van der Waals surface area contributed by atoms with Crippen molar-refractivity contribution in [2.45, 2.75) is 63.8 Å². The quantitative estimate of drug-likeness (QED) is 0.232. The Bertz CT molecular complexity index is 342. The first-order chi connectivity index (χ1) is 8.54. The minimum absolute atomic E-state index is 0.134. The molecule has 0 aliphatic heterocycles. The largest absolute Gasteiger partial charge is 0.459 e. The summed E-state index contributed by atoms with van der Waals surface area (Å²) in [4.78, 5) is 24.6. The summed E-state index contributed by atoms with van der Waals surface area (Å²) in [7, 11) is 0. The van der Waals surface area contributed by atoms with Crippen LogP contribution in [0.15, 0.2) is 12.7 Å². The summed E-state index contributed by atoms with van der Waals surface area (Å²) in [6, 6.07) is 0. The Hall–Kier alpha value is -0.640. The molecule has 3 nitrogen and oxygen atoms in total. The average Bonchev–Trinajstić information content (AvgIpc) is 2.25. The van der Waals surface area contributed by atoms with E-state index in [1.54, 1.807) is 40.7 Å². The number of carbonyl (C=O) groups excluding carboxylic acids is 2. The number of esters is 1. The molecule has 1 unspecified atom stereocenters. The van der Waals surface area contributed by atoms with E-state index in [0.717, 1.165) is 6.42 Å². The number of alkyl halides is 1. The fourth-order valence-electron chi connectivity index (χ4n) is 1.63. The molecule has 0 aromatic carbocycles. The first-order valence-corrected chi connectivity index (χ1v) is 7.41. The van der Waals surface area contributed by atoms with Crippen LogP contribution in [0.25, 0.3) is 0 Å². The summed E-state index contributed by atoms with van der Waals surface area (Å²) in [5, 5.41) is 0. The van der Waals surface area contributed by atoms with E-state index < -0.39 is 15.9 Å². The summed E-state index contributed by atoms with van der Waals surface area (Å²) in [6.07, 6.45) is 3.68. The van der Waals surface area contributed by atoms with Gasteiger partial charge in [-0.15, -0.1) is 6.58 Å². The van der Waals surface area contributed by atoms with Crippen LogP contribution in [0.2, 0.25) is 0 Å². The summed E-state index contributed by atoms with van der Waals surface area (Å²) < 4.78 is 4.13. The van der Waals surface area contributed by atoms with Crippen molar-refractivity contribution in [3.8, 4) is 0 Å². The molecule has 0 bridgehead atoms. The highest BCUT2D eigenvalue weighted by atomic mass is 79.9. The van der Waals surface area contributed by atoms with Crippen molar-refractivity contribution in [3.63, 3.8) is 0 Å². The molecule has 0 N–H and O–H groups in total. The zero-order chi connectivity index (χ0) is 15.3. The van der Waals surface area contributed by atoms with Crippen LogP contribution in [0.5, 0.6) is 0 Å². The van der Waals surface area contributed by atoms with Crippen LogP contribution < -0.4 is 0 Å². The molecule has 4 heteroatoms. The fraction of sp³-hybridized carbons (Fsp3) is 0.733. The van der Waals surface area contributed by atoms with Gasteiger partial charge in [-0.25, -0.2) is 0 Å². The maximum atomic E-state index is 12.3. The molecule has 19 heavy (non-hydrogen) atoms. The number of ketones is 1. The zero-order valence-corrected chi connectivity index (χ0v) is 14.2. The Kier molecular flexibility index (Phi) is 6.98. The highest BCUT2D eigenvalue weighted by Crippen LogP contribution is 2.32. The number of allylic oxidation sites excluding steroid dienone is 1. The molecule has 0 aromatic heterocycles. The molecule has 0 heterocycles. The monoisotopic (exact) mass is 332 g/mol. The van der Waals surface area contributed by atoms with Crippen LogP contribution in [0, 0.1) is 5.92 Å². The Morgan fingerprint density at radius 1 is 1.32 bits per heavy atom. The van der Waals surface area contributed by atoms with Crippen LogP contribution in [0.1, 0.15) is 53.9 Å². The molecule has 0 saturated carbocycles. The first-order valence-electron chi connectivity index (χ1n) is 6.62. The minimum Gasteiger partial charge on any atom is -0.459 e. The van der Waals surface area contributed by atoms with Gasteiger partial charge in [-0.1, -0.05) is 35.9 Å². The van der Waals surface area contributed by atoms with E-state index in [-0.39, 0.29) is 11.7 Å². The van der Waals surface area contributed by atoms with Crippen molar-refractivity contribution in [2.24, 2.45) is 5.92 Å². The van der Waals surface area contributed by atoms with Gasteiger partial charge in [0.25, 0.3) is 0 Å². The third kappa shape index (κ3) is 5.89. The van der Waals surface area contributed by atoms with Gasteiger partial charge in [0.1, 0.15) is 5.60 Å². The highest BCUT2D eigenvalue weighted by Gasteiger charge is 2.46. The maximum Gasteiger partial charge on any atom is 0.331 e. The molecular weight excluding hydrogens is 308 g/mol. The van der Waals surface area contributed by atoms with Crippen molar-refractivity contribution in [1.82, 2.24) is 0 Å². The standard InChI is InChI=1S/C15H25BrO3/c1-7-8-9-10-15(16,12(17)11(2)3)13(18)19-14(4,5)6/h7,11H,1,8-10H2,2-6H3. The second-order valence-electron chi connectivity index (χ2n) is 6.00. The molecule has 110 valence electrons. The van der Waals surface area contributed by atoms with Crippen LogP contribution in [0.3, 0.4) is 0 Å². The summed E-state index contributed by atoms with van der Waals surface area (Å²) >= 11 is 3.34. The van der Waals surface area contributed by atoms with E-state index in [1.165, 1.54) is 0 Å². The van der Waals surface area contributed by atoms with Crippen LogP contribution in [-0.4, -0.2) is 21.7 Å². The van der Waals surface area contributed by atoms with E-state index in [9.17, 15) is 9.59 Å². The van der Waals surface area contributed by atoms with Gasteiger partial charge in [-0.05, 0) is 40.0 Å². The topological polar surface area (TPSA) is 43.4 Å². The number of Topliss-reactive ketones (excluding diaryl/α,β-unsaturated/α-hetero) is 1. The van der Waals surface area contributed by atoms with E-state index in [0.29, 0.717) is 12.8 Å². The predicted octanol–water partition coefficient (Wildman–Crippen LogP) is 4.04. The molecule has 0 aliphatic rings. The highest BCUT2D eigenvalue weighted by molar-refractivity contribution is 9.10. The lowest BCUT2D eigenvalue weighted by atomic mass is 9.90. The van der Waals surface area contributed by atoms with Gasteiger partial charge in [0.2, 0.25) is 0 Å². The lowest BCUT2D eigenvalue weighted by Crippen LogP contribution is -2.46. The number of halogens is 1. The van der Waals surface area contributed by atoms with E-state index in [1.807, 2.05) is 0 Å². The number of carbonyl (C=O) groups is 2. The Balaban J connectivity index is 5.09. The summed E-state index contributed by atoms with van der Waals surface area (Å²) in [5.74, 6) is -0.857. The van der Waals surface area contributed by atoms with Crippen LogP contribution in [0.4, 0.5) is 0 Å². The normalized spacial score (nSPS) is 14.9. The number of unbranched alkanes of at least 4 members (excludes halogenated alkanes) is 1. The van der Waals surface area contributed by atoms with Gasteiger partial charge in [0, 0.05) is 5.92 Å². The van der Waals surface area contributed by atoms with Gasteiger partial charge in [0.15, 0.2) is 10.1 Å². The van der Waals surface area contributed by atoms with E-state index in [2.05, 4.69) is 22.5 Å². The Labute approximate surface area is 124 Å². The number of hydrogen-bond donors (Lipinski definition) is 0. The maximum absolute atomic E-state index is 12.3. The summed E-state index contributed by atoms with van der Waals surface area (Å²) in [6.45, 7) is 12.6. The molecule has 0 aromatic rings. The molecule has 0 aliphatic carbocycles. The second kappa shape index (κ2) is 7.22. The molecule has 0 rings (SSSR count). The molecule has 1 atom stereocenters. The SMILES string of the molecule is C=CCCCC(Br)(C(=O)OC(C)(C)C)C(=O)C(C)C. The first kappa shape index (κ1) is 18.4. The lowest BCUT2D eigenvalue weighted by molar-refractivity contribution is -0.160. The summed E-state index contributed by atoms with van der Waals surface area (Å²) in [5.41, 5.74) is -0.605. The second-order valence-corrected chi connectivity index (χ2v) is 7.36. The molecule has 0 spiro atoms. The Morgan fingerprint density at radius 3 is 2.21 bits per heavy atom. The Morgan fingerprint density at radius 2 is 1.84 bits per heavy atom. The average molecular weight is 333 g/mol. The van der Waals surface area contributed by atoms with Gasteiger partial charge in [0.05, 0.1) is 0 Å². The fourth-order valence-corrected chi connectivity index (χ4v) is 2.45. The van der Waals surface area contributed by atoms with Gasteiger partial charge >= 0.3 is 5.97 Å². The number of ether oxygens (including phenoxy) is 1. The van der Waals surface area contributed by atoms with Crippen molar-refractivity contribution in [1.29, 1.82) is 0 Å². The smallest absolute Gasteiger partial charge is 0.331 e. The minimum atomic E-state index is -1.24. The molecule has 0 radical (unpaired) electrons. The molecule has 0 fully saturated rings. The van der Waals surface area contributed by atoms with E-state index >= 15 is 0 Å². The van der Waals surface area contributed by atoms with E-state index in [4.69, 9.17) is 4.74 Å². The van der Waals surface area contributed by atoms with Crippen LogP contribution in [-0.2, 0) is 14.3 Å². The van der Waals surface area contributed by atoms with Crippen molar-refractivity contribution in [2.75, 3.05) is 0 Å². The third-order valence-corrected chi connectivity index (χ3v) is 3.68. The predicted molar refractivity (Wildman–Crippen MR) is 81.4 cm³/mol. The van der Waals surface area contributed by atoms with Gasteiger partial charge in [-0.2, -0.15) is 0 Å².